The second kappa shape index (κ2) is 4.78. The van der Waals surface area contributed by atoms with Gasteiger partial charge < -0.3 is 4.90 Å². The molecule has 0 aromatic carbocycles. The summed E-state index contributed by atoms with van der Waals surface area (Å²) in [5.74, 6) is 1.86. The first kappa shape index (κ1) is 11.3. The summed E-state index contributed by atoms with van der Waals surface area (Å²) in [6.07, 6.45) is 4.18. The van der Waals surface area contributed by atoms with Gasteiger partial charge in [-0.25, -0.2) is 9.97 Å². The summed E-state index contributed by atoms with van der Waals surface area (Å²) in [7, 11) is 0. The maximum absolute atomic E-state index is 4.47. The highest BCUT2D eigenvalue weighted by molar-refractivity contribution is 9.10. The van der Waals surface area contributed by atoms with E-state index in [0.29, 0.717) is 4.83 Å². The molecule has 0 unspecified atom stereocenters. The average molecular weight is 335 g/mol. The van der Waals surface area contributed by atoms with Crippen molar-refractivity contribution in [2.75, 3.05) is 18.0 Å². The van der Waals surface area contributed by atoms with Crippen LogP contribution in [0.25, 0.3) is 0 Å². The number of anilines is 1. The molecule has 1 aromatic rings. The van der Waals surface area contributed by atoms with Crippen molar-refractivity contribution >= 4 is 37.7 Å². The molecule has 0 aliphatic carbocycles. The average Bonchev–Trinajstić information content (AvgIpc) is 2.23. The Bertz CT molecular complexity index is 349. The molecule has 2 heterocycles. The molecule has 0 N–H and O–H groups in total. The number of halogens is 2. The number of aromatic nitrogens is 2. The molecule has 1 fully saturated rings. The van der Waals surface area contributed by atoms with E-state index in [9.17, 15) is 0 Å². The summed E-state index contributed by atoms with van der Waals surface area (Å²) in [6, 6.07) is 0. The van der Waals surface area contributed by atoms with Gasteiger partial charge in [-0.3, -0.25) is 0 Å². The van der Waals surface area contributed by atoms with E-state index >= 15 is 0 Å². The van der Waals surface area contributed by atoms with Crippen molar-refractivity contribution in [1.29, 1.82) is 0 Å². The number of aryl methyl sites for hydroxylation is 1. The highest BCUT2D eigenvalue weighted by Gasteiger charge is 2.19. The Morgan fingerprint density at radius 3 is 2.73 bits per heavy atom. The summed E-state index contributed by atoms with van der Waals surface area (Å²) < 4.78 is 0.987. The molecule has 1 saturated heterocycles. The lowest BCUT2D eigenvalue weighted by Gasteiger charge is -2.31. The van der Waals surface area contributed by atoms with Crippen molar-refractivity contribution in [1.82, 2.24) is 9.97 Å². The number of hydrogen-bond acceptors (Lipinski definition) is 3. The fourth-order valence-corrected chi connectivity index (χ4v) is 2.58. The van der Waals surface area contributed by atoms with Crippen molar-refractivity contribution in [3.05, 3.63) is 16.5 Å². The lowest BCUT2D eigenvalue weighted by molar-refractivity contribution is 0.590. The second-order valence-electron chi connectivity index (χ2n) is 3.75. The summed E-state index contributed by atoms with van der Waals surface area (Å²) in [4.78, 5) is 11.6. The molecule has 0 saturated carbocycles. The third kappa shape index (κ3) is 2.69. The van der Waals surface area contributed by atoms with E-state index in [2.05, 4.69) is 46.7 Å². The van der Waals surface area contributed by atoms with E-state index in [1.807, 2.05) is 13.1 Å². The van der Waals surface area contributed by atoms with Crippen molar-refractivity contribution in [2.45, 2.75) is 24.6 Å². The van der Waals surface area contributed by atoms with Crippen LogP contribution < -0.4 is 4.90 Å². The SMILES string of the molecule is Cc1ncc(Br)c(N2CCC(Br)CC2)n1. The molecular weight excluding hydrogens is 322 g/mol. The first-order chi connectivity index (χ1) is 7.16. The predicted molar refractivity (Wildman–Crippen MR) is 68.6 cm³/mol. The smallest absolute Gasteiger partial charge is 0.146 e. The van der Waals surface area contributed by atoms with E-state index in [4.69, 9.17) is 0 Å². The number of hydrogen-bond donors (Lipinski definition) is 0. The predicted octanol–water partition coefficient (Wildman–Crippen LogP) is 2.91. The van der Waals surface area contributed by atoms with Gasteiger partial charge in [-0.1, -0.05) is 15.9 Å². The number of piperidine rings is 1. The lowest BCUT2D eigenvalue weighted by atomic mass is 10.1. The normalized spacial score (nSPS) is 18.2. The Kier molecular flexibility index (Phi) is 3.61. The Balaban J connectivity index is 2.18. The summed E-state index contributed by atoms with van der Waals surface area (Å²) in [6.45, 7) is 4.04. The fraction of sp³-hybridized carbons (Fsp3) is 0.600. The second-order valence-corrected chi connectivity index (χ2v) is 5.90. The quantitative estimate of drug-likeness (QED) is 0.739. The van der Waals surface area contributed by atoms with Crippen LogP contribution in [0.1, 0.15) is 18.7 Å². The number of alkyl halides is 1. The van der Waals surface area contributed by atoms with E-state index in [-0.39, 0.29) is 0 Å². The topological polar surface area (TPSA) is 29.0 Å². The van der Waals surface area contributed by atoms with Crippen LogP contribution in [0.4, 0.5) is 5.82 Å². The number of rotatable bonds is 1. The molecule has 82 valence electrons. The zero-order valence-electron chi connectivity index (χ0n) is 8.58. The minimum Gasteiger partial charge on any atom is -0.355 e. The molecule has 5 heteroatoms. The van der Waals surface area contributed by atoms with Crippen molar-refractivity contribution in [2.24, 2.45) is 0 Å². The first-order valence-electron chi connectivity index (χ1n) is 5.05. The zero-order valence-corrected chi connectivity index (χ0v) is 11.8. The van der Waals surface area contributed by atoms with E-state index in [1.165, 1.54) is 12.8 Å². The molecule has 2 rings (SSSR count). The van der Waals surface area contributed by atoms with Gasteiger partial charge in [0.25, 0.3) is 0 Å². The molecule has 3 nitrogen and oxygen atoms in total. The zero-order chi connectivity index (χ0) is 10.8. The first-order valence-corrected chi connectivity index (χ1v) is 6.76. The van der Waals surface area contributed by atoms with Crippen LogP contribution in [0.3, 0.4) is 0 Å². The number of nitrogens with zero attached hydrogens (tertiary/aromatic N) is 3. The van der Waals surface area contributed by atoms with Crippen LogP contribution in [-0.4, -0.2) is 27.9 Å². The van der Waals surface area contributed by atoms with Crippen molar-refractivity contribution in [3.63, 3.8) is 0 Å². The van der Waals surface area contributed by atoms with E-state index in [0.717, 1.165) is 29.2 Å². The largest absolute Gasteiger partial charge is 0.355 e. The lowest BCUT2D eigenvalue weighted by Crippen LogP contribution is -2.34. The van der Waals surface area contributed by atoms with Crippen molar-refractivity contribution < 1.29 is 0 Å². The molecule has 0 bridgehead atoms. The minimum atomic E-state index is 0.662. The third-order valence-corrected chi connectivity index (χ3v) is 4.05. The molecule has 0 spiro atoms. The van der Waals surface area contributed by atoms with Gasteiger partial charge >= 0.3 is 0 Å². The maximum atomic E-state index is 4.47. The molecular formula is C10H13Br2N3. The highest BCUT2D eigenvalue weighted by atomic mass is 79.9. The molecule has 1 aliphatic rings. The Labute approximate surface area is 107 Å². The highest BCUT2D eigenvalue weighted by Crippen LogP contribution is 2.27. The summed E-state index contributed by atoms with van der Waals surface area (Å²) in [5.41, 5.74) is 0. The summed E-state index contributed by atoms with van der Waals surface area (Å²) in [5, 5.41) is 0. The Hall–Kier alpha value is -0.160. The fourth-order valence-electron chi connectivity index (χ4n) is 1.72. The van der Waals surface area contributed by atoms with Gasteiger partial charge in [-0.15, -0.1) is 0 Å². The standard InChI is InChI=1S/C10H13Br2N3/c1-7-13-6-9(12)10(14-7)15-4-2-8(11)3-5-15/h6,8H,2-5H2,1H3. The van der Waals surface area contributed by atoms with Crippen LogP contribution >= 0.6 is 31.9 Å². The molecule has 0 radical (unpaired) electrons. The molecule has 0 atom stereocenters. The van der Waals surface area contributed by atoms with Crippen LogP contribution in [0, 0.1) is 6.92 Å². The van der Waals surface area contributed by atoms with Crippen LogP contribution in [0.15, 0.2) is 10.7 Å². The minimum absolute atomic E-state index is 0.662. The van der Waals surface area contributed by atoms with E-state index < -0.39 is 0 Å². The van der Waals surface area contributed by atoms with Gasteiger partial charge in [0.15, 0.2) is 0 Å². The third-order valence-electron chi connectivity index (χ3n) is 2.57. The van der Waals surface area contributed by atoms with Crippen LogP contribution in [0.2, 0.25) is 0 Å². The molecule has 0 amide bonds. The van der Waals surface area contributed by atoms with E-state index in [1.54, 1.807) is 0 Å². The van der Waals surface area contributed by atoms with Gasteiger partial charge in [0.1, 0.15) is 11.6 Å². The van der Waals surface area contributed by atoms with Crippen LogP contribution in [0.5, 0.6) is 0 Å². The van der Waals surface area contributed by atoms with Gasteiger partial charge in [-0.2, -0.15) is 0 Å². The Morgan fingerprint density at radius 1 is 1.40 bits per heavy atom. The Morgan fingerprint density at radius 2 is 2.07 bits per heavy atom. The maximum Gasteiger partial charge on any atom is 0.146 e. The molecule has 1 aromatic heterocycles. The molecule has 15 heavy (non-hydrogen) atoms. The monoisotopic (exact) mass is 333 g/mol. The molecule has 1 aliphatic heterocycles. The van der Waals surface area contributed by atoms with Gasteiger partial charge in [-0.05, 0) is 35.7 Å². The summed E-state index contributed by atoms with van der Waals surface area (Å²) >= 11 is 7.15. The van der Waals surface area contributed by atoms with Gasteiger partial charge in [0.05, 0.1) is 4.47 Å². The van der Waals surface area contributed by atoms with Gasteiger partial charge in [0, 0.05) is 24.1 Å². The van der Waals surface area contributed by atoms with Crippen molar-refractivity contribution in [3.8, 4) is 0 Å². The van der Waals surface area contributed by atoms with Crippen LogP contribution in [-0.2, 0) is 0 Å². The van der Waals surface area contributed by atoms with Gasteiger partial charge in [0.2, 0.25) is 0 Å².